The van der Waals surface area contributed by atoms with Crippen LogP contribution in [0.1, 0.15) is 50.1 Å². The first-order chi connectivity index (χ1) is 9.74. The highest BCUT2D eigenvalue weighted by atomic mass is 15.0. The van der Waals surface area contributed by atoms with Crippen molar-refractivity contribution >= 4 is 0 Å². The van der Waals surface area contributed by atoms with E-state index in [1.807, 2.05) is 0 Å². The molecule has 0 saturated heterocycles. The maximum atomic E-state index is 3.56. The third-order valence-electron chi connectivity index (χ3n) is 3.79. The van der Waals surface area contributed by atoms with Crippen LogP contribution in [0.15, 0.2) is 42.6 Å². The molecule has 20 heavy (non-hydrogen) atoms. The van der Waals surface area contributed by atoms with Crippen LogP contribution in [0.4, 0.5) is 0 Å². The van der Waals surface area contributed by atoms with Crippen LogP contribution in [0.5, 0.6) is 0 Å². The summed E-state index contributed by atoms with van der Waals surface area (Å²) in [6.07, 6.45) is 4.45. The van der Waals surface area contributed by atoms with Gasteiger partial charge in [0.15, 0.2) is 0 Å². The quantitative estimate of drug-likeness (QED) is 0.799. The summed E-state index contributed by atoms with van der Waals surface area (Å²) in [5.41, 5.74) is 4.12. The fraction of sp³-hybridized carbons (Fsp3) is 0.444. The van der Waals surface area contributed by atoms with Gasteiger partial charge in [-0.3, -0.25) is 0 Å². The van der Waals surface area contributed by atoms with Crippen LogP contribution in [0.2, 0.25) is 0 Å². The number of rotatable bonds is 7. The summed E-state index contributed by atoms with van der Waals surface area (Å²) in [4.78, 5) is 0. The van der Waals surface area contributed by atoms with Crippen molar-refractivity contribution in [1.82, 2.24) is 9.88 Å². The van der Waals surface area contributed by atoms with Crippen LogP contribution >= 0.6 is 0 Å². The van der Waals surface area contributed by atoms with E-state index in [0.29, 0.717) is 6.04 Å². The average molecular weight is 270 g/mol. The minimum Gasteiger partial charge on any atom is -0.346 e. The molecule has 0 aliphatic rings. The van der Waals surface area contributed by atoms with Crippen molar-refractivity contribution in [1.29, 1.82) is 0 Å². The normalized spacial score (nSPS) is 12.6. The van der Waals surface area contributed by atoms with Crippen molar-refractivity contribution in [3.05, 3.63) is 59.4 Å². The van der Waals surface area contributed by atoms with Crippen molar-refractivity contribution < 1.29 is 0 Å². The van der Waals surface area contributed by atoms with E-state index in [1.54, 1.807) is 0 Å². The Kier molecular flexibility index (Phi) is 5.42. The second kappa shape index (κ2) is 7.30. The summed E-state index contributed by atoms with van der Waals surface area (Å²) >= 11 is 0. The first-order valence-corrected chi connectivity index (χ1v) is 7.70. The van der Waals surface area contributed by atoms with Gasteiger partial charge >= 0.3 is 0 Å². The molecule has 0 amide bonds. The summed E-state index contributed by atoms with van der Waals surface area (Å²) in [6.45, 7) is 8.65. The Labute approximate surface area is 122 Å². The Morgan fingerprint density at radius 1 is 1.05 bits per heavy atom. The Morgan fingerprint density at radius 2 is 1.75 bits per heavy atom. The number of nitrogens with one attached hydrogen (secondary N) is 1. The molecule has 0 radical (unpaired) electrons. The molecule has 0 saturated carbocycles. The SMILES string of the molecule is CCCNC(C)c1cccn1Cc1ccc(CC)cc1. The van der Waals surface area contributed by atoms with Gasteiger partial charge in [0.1, 0.15) is 0 Å². The summed E-state index contributed by atoms with van der Waals surface area (Å²) < 4.78 is 2.34. The smallest absolute Gasteiger partial charge is 0.0473 e. The number of hydrogen-bond donors (Lipinski definition) is 1. The highest BCUT2D eigenvalue weighted by Gasteiger charge is 2.09. The van der Waals surface area contributed by atoms with Gasteiger partial charge in [-0.05, 0) is 49.6 Å². The minimum absolute atomic E-state index is 0.403. The lowest BCUT2D eigenvalue weighted by molar-refractivity contribution is 0.534. The molecule has 0 fully saturated rings. The standard InChI is InChI=1S/C18H26N2/c1-4-12-19-15(3)18-7-6-13-20(18)14-17-10-8-16(5-2)9-11-17/h6-11,13,15,19H,4-5,12,14H2,1-3H3. The molecule has 0 bridgehead atoms. The highest BCUT2D eigenvalue weighted by Crippen LogP contribution is 2.16. The Hall–Kier alpha value is -1.54. The number of benzene rings is 1. The predicted octanol–water partition coefficient (Wildman–Crippen LogP) is 4.16. The lowest BCUT2D eigenvalue weighted by atomic mass is 10.1. The number of aryl methyl sites for hydroxylation is 1. The van der Waals surface area contributed by atoms with E-state index in [1.165, 1.54) is 23.2 Å². The molecule has 0 aliphatic carbocycles. The van der Waals surface area contributed by atoms with Crippen molar-refractivity contribution in [3.63, 3.8) is 0 Å². The van der Waals surface area contributed by atoms with Gasteiger partial charge in [-0.1, -0.05) is 38.1 Å². The van der Waals surface area contributed by atoms with Crippen molar-refractivity contribution in [2.75, 3.05) is 6.54 Å². The van der Waals surface area contributed by atoms with E-state index >= 15 is 0 Å². The van der Waals surface area contributed by atoms with Gasteiger partial charge in [-0.15, -0.1) is 0 Å². The summed E-state index contributed by atoms with van der Waals surface area (Å²) in [5, 5.41) is 3.56. The zero-order chi connectivity index (χ0) is 14.4. The topological polar surface area (TPSA) is 17.0 Å². The second-order valence-corrected chi connectivity index (χ2v) is 5.41. The van der Waals surface area contributed by atoms with Crippen LogP contribution in [-0.4, -0.2) is 11.1 Å². The van der Waals surface area contributed by atoms with Gasteiger partial charge in [-0.25, -0.2) is 0 Å². The highest BCUT2D eigenvalue weighted by molar-refractivity contribution is 5.24. The van der Waals surface area contributed by atoms with Gasteiger partial charge in [0.2, 0.25) is 0 Å². The van der Waals surface area contributed by atoms with E-state index in [2.05, 4.69) is 73.3 Å². The molecule has 1 atom stereocenters. The zero-order valence-corrected chi connectivity index (χ0v) is 12.9. The van der Waals surface area contributed by atoms with E-state index in [-0.39, 0.29) is 0 Å². The van der Waals surface area contributed by atoms with Crippen LogP contribution in [0.3, 0.4) is 0 Å². The zero-order valence-electron chi connectivity index (χ0n) is 12.9. The van der Waals surface area contributed by atoms with Crippen molar-refractivity contribution in [2.45, 2.75) is 46.2 Å². The Morgan fingerprint density at radius 3 is 2.40 bits per heavy atom. The molecule has 0 spiro atoms. The van der Waals surface area contributed by atoms with Crippen molar-refractivity contribution in [3.8, 4) is 0 Å². The lowest BCUT2D eigenvalue weighted by Crippen LogP contribution is -2.22. The lowest BCUT2D eigenvalue weighted by Gasteiger charge is -2.17. The summed E-state index contributed by atoms with van der Waals surface area (Å²) in [5.74, 6) is 0. The van der Waals surface area contributed by atoms with Gasteiger partial charge < -0.3 is 9.88 Å². The van der Waals surface area contributed by atoms with Crippen molar-refractivity contribution in [2.24, 2.45) is 0 Å². The molecule has 2 nitrogen and oxygen atoms in total. The van der Waals surface area contributed by atoms with E-state index in [0.717, 1.165) is 19.5 Å². The minimum atomic E-state index is 0.403. The van der Waals surface area contributed by atoms with Gasteiger partial charge in [0.25, 0.3) is 0 Å². The molecule has 1 unspecified atom stereocenters. The third kappa shape index (κ3) is 3.73. The largest absolute Gasteiger partial charge is 0.346 e. The molecule has 2 heteroatoms. The van der Waals surface area contributed by atoms with Gasteiger partial charge in [0, 0.05) is 24.5 Å². The molecular formula is C18H26N2. The molecule has 1 heterocycles. The molecule has 1 aromatic carbocycles. The van der Waals surface area contributed by atoms with Crippen LogP contribution in [-0.2, 0) is 13.0 Å². The van der Waals surface area contributed by atoms with Gasteiger partial charge in [0.05, 0.1) is 0 Å². The first kappa shape index (κ1) is 14.9. The van der Waals surface area contributed by atoms with Crippen LogP contribution in [0, 0.1) is 0 Å². The van der Waals surface area contributed by atoms with Crippen LogP contribution in [0.25, 0.3) is 0 Å². The first-order valence-electron chi connectivity index (χ1n) is 7.70. The van der Waals surface area contributed by atoms with E-state index in [9.17, 15) is 0 Å². The van der Waals surface area contributed by atoms with E-state index in [4.69, 9.17) is 0 Å². The molecule has 1 aromatic heterocycles. The fourth-order valence-corrected chi connectivity index (χ4v) is 2.51. The molecule has 0 aliphatic heterocycles. The maximum Gasteiger partial charge on any atom is 0.0473 e. The third-order valence-corrected chi connectivity index (χ3v) is 3.79. The van der Waals surface area contributed by atoms with Gasteiger partial charge in [-0.2, -0.15) is 0 Å². The monoisotopic (exact) mass is 270 g/mol. The summed E-state index contributed by atoms with van der Waals surface area (Å²) in [6, 6.07) is 13.7. The molecule has 1 N–H and O–H groups in total. The Balaban J connectivity index is 2.07. The molecule has 108 valence electrons. The predicted molar refractivity (Wildman–Crippen MR) is 86.1 cm³/mol. The fourth-order valence-electron chi connectivity index (χ4n) is 2.51. The molecule has 2 rings (SSSR count). The molecule has 2 aromatic rings. The number of aromatic nitrogens is 1. The number of hydrogen-bond acceptors (Lipinski definition) is 1. The number of nitrogens with zero attached hydrogens (tertiary/aromatic N) is 1. The second-order valence-electron chi connectivity index (χ2n) is 5.41. The maximum absolute atomic E-state index is 3.56. The Bertz CT molecular complexity index is 510. The van der Waals surface area contributed by atoms with E-state index < -0.39 is 0 Å². The average Bonchev–Trinajstić information content (AvgIpc) is 2.94. The molecular weight excluding hydrogens is 244 g/mol. The summed E-state index contributed by atoms with van der Waals surface area (Å²) in [7, 11) is 0. The van der Waals surface area contributed by atoms with Crippen LogP contribution < -0.4 is 5.32 Å².